The van der Waals surface area contributed by atoms with Gasteiger partial charge in [0, 0.05) is 23.3 Å². The number of esters is 1. The zero-order valence-corrected chi connectivity index (χ0v) is 19.8. The Morgan fingerprint density at radius 2 is 1.91 bits per heavy atom. The van der Waals surface area contributed by atoms with Crippen LogP contribution in [0.5, 0.6) is 0 Å². The zero-order chi connectivity index (χ0) is 23.4. The number of fused-ring (bicyclic) bond motifs is 2. The monoisotopic (exact) mass is 465 g/mol. The van der Waals surface area contributed by atoms with Crippen molar-refractivity contribution in [3.8, 4) is 0 Å². The summed E-state index contributed by atoms with van der Waals surface area (Å²) in [6, 6.07) is 11.0. The number of aromatic nitrogens is 2. The maximum Gasteiger partial charge on any atom is 0.339 e. The Balaban J connectivity index is 1.62. The number of ether oxygens (including phenoxy) is 1. The lowest BCUT2D eigenvalue weighted by Gasteiger charge is -2.19. The standard InChI is InChI=1S/C26H28ClN3O3/c1-3-29(4-2)14-15-33-26(32)20-10-13-23-28-24-19(16-18-8-11-21(27)12-9-18)6-5-7-22(24)25(31)30(23)17-20/h8-13,16-17H,3-7,14-15H2,1-2H3. The summed E-state index contributed by atoms with van der Waals surface area (Å²) in [4.78, 5) is 32.8. The third-order valence-electron chi connectivity index (χ3n) is 6.07. The van der Waals surface area contributed by atoms with Crippen LogP contribution in [0.1, 0.15) is 53.9 Å². The second kappa shape index (κ2) is 10.3. The minimum absolute atomic E-state index is 0.130. The smallest absolute Gasteiger partial charge is 0.339 e. The summed E-state index contributed by atoms with van der Waals surface area (Å²) in [7, 11) is 0. The molecule has 0 bridgehead atoms. The number of carbonyl (C=O) groups is 1. The van der Waals surface area contributed by atoms with Crippen molar-refractivity contribution in [2.45, 2.75) is 33.1 Å². The Morgan fingerprint density at radius 3 is 2.64 bits per heavy atom. The highest BCUT2D eigenvalue weighted by molar-refractivity contribution is 6.30. The van der Waals surface area contributed by atoms with Gasteiger partial charge in [0.25, 0.3) is 5.56 Å². The average Bonchev–Trinajstić information content (AvgIpc) is 2.83. The molecular formula is C26H28ClN3O3. The van der Waals surface area contributed by atoms with E-state index in [-0.39, 0.29) is 5.56 Å². The first-order valence-electron chi connectivity index (χ1n) is 11.4. The molecule has 4 rings (SSSR count). The first kappa shape index (κ1) is 23.2. The number of allylic oxidation sites excluding steroid dienone is 1. The largest absolute Gasteiger partial charge is 0.461 e. The molecule has 0 unspecified atom stereocenters. The van der Waals surface area contributed by atoms with Crippen LogP contribution in [0.4, 0.5) is 0 Å². The van der Waals surface area contributed by atoms with Gasteiger partial charge in [0.05, 0.1) is 11.3 Å². The summed E-state index contributed by atoms with van der Waals surface area (Å²) >= 11 is 6.00. The van der Waals surface area contributed by atoms with E-state index in [1.54, 1.807) is 18.3 Å². The fourth-order valence-electron chi connectivity index (χ4n) is 4.15. The summed E-state index contributed by atoms with van der Waals surface area (Å²) in [5.74, 6) is -0.433. The van der Waals surface area contributed by atoms with E-state index in [9.17, 15) is 9.59 Å². The van der Waals surface area contributed by atoms with Crippen LogP contribution in [0.2, 0.25) is 5.02 Å². The molecule has 6 nitrogen and oxygen atoms in total. The van der Waals surface area contributed by atoms with Gasteiger partial charge in [0.1, 0.15) is 12.3 Å². The van der Waals surface area contributed by atoms with E-state index < -0.39 is 5.97 Å². The van der Waals surface area contributed by atoms with Crippen molar-refractivity contribution in [2.75, 3.05) is 26.2 Å². The summed E-state index contributed by atoms with van der Waals surface area (Å²) in [6.07, 6.45) is 6.01. The first-order valence-corrected chi connectivity index (χ1v) is 11.8. The van der Waals surface area contributed by atoms with Crippen LogP contribution in [0.3, 0.4) is 0 Å². The molecule has 0 saturated heterocycles. The maximum atomic E-state index is 13.3. The predicted molar refractivity (Wildman–Crippen MR) is 132 cm³/mol. The molecule has 0 fully saturated rings. The molecule has 0 amide bonds. The number of rotatable bonds is 7. The second-order valence-corrected chi connectivity index (χ2v) is 8.56. The van der Waals surface area contributed by atoms with Crippen molar-refractivity contribution >= 4 is 34.9 Å². The van der Waals surface area contributed by atoms with Crippen LogP contribution >= 0.6 is 11.6 Å². The number of hydrogen-bond donors (Lipinski definition) is 0. The SMILES string of the molecule is CCN(CC)CCOC(=O)c1ccc2nc3c(c(=O)n2c1)CCCC3=Cc1ccc(Cl)cc1. The molecule has 0 saturated carbocycles. The van der Waals surface area contributed by atoms with E-state index in [1.165, 1.54) is 4.40 Å². The number of nitrogens with zero attached hydrogens (tertiary/aromatic N) is 3. The van der Waals surface area contributed by atoms with Gasteiger partial charge >= 0.3 is 5.97 Å². The summed E-state index contributed by atoms with van der Waals surface area (Å²) < 4.78 is 6.88. The number of likely N-dealkylation sites (N-methyl/N-ethyl adjacent to an activating group) is 1. The van der Waals surface area contributed by atoms with Gasteiger partial charge < -0.3 is 9.64 Å². The van der Waals surface area contributed by atoms with Gasteiger partial charge in [0.15, 0.2) is 0 Å². The molecule has 0 atom stereocenters. The lowest BCUT2D eigenvalue weighted by atomic mass is 9.91. The lowest BCUT2D eigenvalue weighted by molar-refractivity contribution is 0.0466. The van der Waals surface area contributed by atoms with Crippen LogP contribution in [-0.4, -0.2) is 46.5 Å². The molecule has 2 aromatic heterocycles. The molecule has 0 aliphatic heterocycles. The molecule has 172 valence electrons. The number of carbonyl (C=O) groups excluding carboxylic acids is 1. The molecule has 33 heavy (non-hydrogen) atoms. The molecule has 1 aliphatic carbocycles. The van der Waals surface area contributed by atoms with Gasteiger partial charge in [-0.2, -0.15) is 0 Å². The number of hydrogen-bond acceptors (Lipinski definition) is 5. The van der Waals surface area contributed by atoms with Crippen LogP contribution in [0, 0.1) is 0 Å². The van der Waals surface area contributed by atoms with Crippen LogP contribution in [0.25, 0.3) is 17.3 Å². The van der Waals surface area contributed by atoms with Crippen molar-refractivity contribution in [3.63, 3.8) is 0 Å². The average molecular weight is 466 g/mol. The third-order valence-corrected chi connectivity index (χ3v) is 6.33. The molecule has 0 spiro atoms. The predicted octanol–water partition coefficient (Wildman–Crippen LogP) is 4.72. The van der Waals surface area contributed by atoms with Crippen molar-refractivity contribution in [2.24, 2.45) is 0 Å². The van der Waals surface area contributed by atoms with E-state index in [0.29, 0.717) is 41.4 Å². The number of pyridine rings is 1. The van der Waals surface area contributed by atoms with E-state index >= 15 is 0 Å². The fraction of sp³-hybridized carbons (Fsp3) is 0.346. The van der Waals surface area contributed by atoms with E-state index in [0.717, 1.165) is 42.8 Å². The fourth-order valence-corrected chi connectivity index (χ4v) is 4.28. The first-order chi connectivity index (χ1) is 16.0. The molecule has 3 aromatic rings. The van der Waals surface area contributed by atoms with Gasteiger partial charge in [-0.3, -0.25) is 9.20 Å². The zero-order valence-electron chi connectivity index (χ0n) is 19.0. The Bertz CT molecular complexity index is 1240. The second-order valence-electron chi connectivity index (χ2n) is 8.13. The van der Waals surface area contributed by atoms with Crippen molar-refractivity contribution in [3.05, 3.63) is 80.4 Å². The molecule has 1 aromatic carbocycles. The number of halogens is 1. The van der Waals surface area contributed by atoms with E-state index in [2.05, 4.69) is 24.8 Å². The topological polar surface area (TPSA) is 63.9 Å². The number of benzene rings is 1. The summed E-state index contributed by atoms with van der Waals surface area (Å²) in [5.41, 5.74) is 4.22. The summed E-state index contributed by atoms with van der Waals surface area (Å²) in [6.45, 7) is 6.96. The lowest BCUT2D eigenvalue weighted by Crippen LogP contribution is -2.28. The molecule has 0 radical (unpaired) electrons. The Morgan fingerprint density at radius 1 is 1.15 bits per heavy atom. The molecular weight excluding hydrogens is 438 g/mol. The van der Waals surface area contributed by atoms with E-state index in [4.69, 9.17) is 21.3 Å². The minimum atomic E-state index is -0.433. The van der Waals surface area contributed by atoms with Gasteiger partial charge in [-0.1, -0.05) is 37.6 Å². The quantitative estimate of drug-likeness (QED) is 0.472. The van der Waals surface area contributed by atoms with Crippen LogP contribution < -0.4 is 5.56 Å². The Labute approximate surface area is 198 Å². The van der Waals surface area contributed by atoms with Crippen molar-refractivity contribution in [1.82, 2.24) is 14.3 Å². The van der Waals surface area contributed by atoms with Crippen LogP contribution in [0.15, 0.2) is 47.4 Å². The van der Waals surface area contributed by atoms with Gasteiger partial charge in [0.2, 0.25) is 0 Å². The van der Waals surface area contributed by atoms with Gasteiger partial charge in [-0.05, 0) is 73.8 Å². The highest BCUT2D eigenvalue weighted by atomic mass is 35.5. The normalized spacial score (nSPS) is 14.6. The molecule has 7 heteroatoms. The van der Waals surface area contributed by atoms with Crippen LogP contribution in [-0.2, 0) is 11.2 Å². The van der Waals surface area contributed by atoms with E-state index in [1.807, 2.05) is 24.3 Å². The molecule has 1 aliphatic rings. The summed E-state index contributed by atoms with van der Waals surface area (Å²) in [5, 5.41) is 0.686. The highest BCUT2D eigenvalue weighted by Crippen LogP contribution is 2.30. The highest BCUT2D eigenvalue weighted by Gasteiger charge is 2.21. The Hall–Kier alpha value is -2.96. The maximum absolute atomic E-state index is 13.3. The molecule has 0 N–H and O–H groups in total. The van der Waals surface area contributed by atoms with Gasteiger partial charge in [-0.15, -0.1) is 0 Å². The van der Waals surface area contributed by atoms with Crippen molar-refractivity contribution in [1.29, 1.82) is 0 Å². The molecule has 2 heterocycles. The third kappa shape index (κ3) is 5.18. The van der Waals surface area contributed by atoms with Gasteiger partial charge in [-0.25, -0.2) is 9.78 Å². The Kier molecular flexibility index (Phi) is 7.26. The minimum Gasteiger partial charge on any atom is -0.461 e. The van der Waals surface area contributed by atoms with Crippen molar-refractivity contribution < 1.29 is 9.53 Å².